The molecule has 0 radical (unpaired) electrons. The van der Waals surface area contributed by atoms with E-state index >= 15 is 0 Å². The van der Waals surface area contributed by atoms with Crippen LogP contribution in [0.2, 0.25) is 0 Å². The van der Waals surface area contributed by atoms with Gasteiger partial charge in [-0.2, -0.15) is 0 Å². The Hall–Kier alpha value is -1.81. The molecule has 1 unspecified atom stereocenters. The summed E-state index contributed by atoms with van der Waals surface area (Å²) in [5, 5.41) is 4.00. The van der Waals surface area contributed by atoms with Crippen LogP contribution in [0.25, 0.3) is 10.9 Å². The van der Waals surface area contributed by atoms with Gasteiger partial charge in [0.05, 0.1) is 0 Å². The molecule has 1 aromatic carbocycles. The van der Waals surface area contributed by atoms with E-state index in [1.54, 1.807) is 0 Å². The maximum atomic E-state index is 12.1. The van der Waals surface area contributed by atoms with Crippen molar-refractivity contribution in [1.82, 2.24) is 9.88 Å². The first-order valence-electron chi connectivity index (χ1n) is 6.10. The van der Waals surface area contributed by atoms with Gasteiger partial charge in [-0.3, -0.25) is 4.79 Å². The fraction of sp³-hybridized carbons (Fsp3) is 0.357. The fourth-order valence-corrected chi connectivity index (χ4v) is 2.08. The minimum Gasteiger partial charge on any atom is -0.347 e. The molecule has 1 aromatic heterocycles. The Kier molecular flexibility index (Phi) is 3.39. The SMILES string of the molecule is Cc1cccc2c1cc(C(=O)NC(C)CN)n2C. The number of aryl methyl sites for hydroxylation is 2. The van der Waals surface area contributed by atoms with Crippen LogP contribution < -0.4 is 11.1 Å². The van der Waals surface area contributed by atoms with Crippen LogP contribution in [0.3, 0.4) is 0 Å². The van der Waals surface area contributed by atoms with Crippen LogP contribution >= 0.6 is 0 Å². The van der Waals surface area contributed by atoms with Gasteiger partial charge in [-0.15, -0.1) is 0 Å². The van der Waals surface area contributed by atoms with Crippen LogP contribution in [-0.4, -0.2) is 23.1 Å². The van der Waals surface area contributed by atoms with Crippen molar-refractivity contribution in [2.75, 3.05) is 6.54 Å². The van der Waals surface area contributed by atoms with Crippen molar-refractivity contribution in [1.29, 1.82) is 0 Å². The van der Waals surface area contributed by atoms with Crippen LogP contribution in [0, 0.1) is 6.92 Å². The lowest BCUT2D eigenvalue weighted by Gasteiger charge is -2.11. The lowest BCUT2D eigenvalue weighted by atomic mass is 10.1. The first-order valence-corrected chi connectivity index (χ1v) is 6.10. The molecule has 0 aliphatic heterocycles. The number of carbonyl (C=O) groups excluding carboxylic acids is 1. The van der Waals surface area contributed by atoms with Gasteiger partial charge in [-0.25, -0.2) is 0 Å². The topological polar surface area (TPSA) is 60.1 Å². The van der Waals surface area contributed by atoms with Crippen molar-refractivity contribution in [2.45, 2.75) is 19.9 Å². The average molecular weight is 245 g/mol. The molecule has 96 valence electrons. The predicted octanol–water partition coefficient (Wildman–Crippen LogP) is 1.56. The summed E-state index contributed by atoms with van der Waals surface area (Å²) in [6.45, 7) is 4.38. The van der Waals surface area contributed by atoms with Gasteiger partial charge in [-0.1, -0.05) is 12.1 Å². The number of fused-ring (bicyclic) bond motifs is 1. The van der Waals surface area contributed by atoms with E-state index in [0.717, 1.165) is 10.9 Å². The third-order valence-corrected chi connectivity index (χ3v) is 3.27. The molecule has 1 amide bonds. The van der Waals surface area contributed by atoms with E-state index in [2.05, 4.69) is 5.32 Å². The molecule has 3 N–H and O–H groups in total. The van der Waals surface area contributed by atoms with Gasteiger partial charge in [0.25, 0.3) is 5.91 Å². The highest BCUT2D eigenvalue weighted by molar-refractivity contribution is 5.99. The van der Waals surface area contributed by atoms with E-state index in [1.807, 2.05) is 49.7 Å². The summed E-state index contributed by atoms with van der Waals surface area (Å²) >= 11 is 0. The van der Waals surface area contributed by atoms with Crippen LogP contribution in [-0.2, 0) is 7.05 Å². The Morgan fingerprint density at radius 1 is 1.50 bits per heavy atom. The second-order valence-corrected chi connectivity index (χ2v) is 4.71. The number of amides is 1. The molecule has 1 heterocycles. The zero-order valence-electron chi connectivity index (χ0n) is 11.0. The Morgan fingerprint density at radius 2 is 2.22 bits per heavy atom. The molecule has 1 atom stereocenters. The molecule has 0 bridgehead atoms. The lowest BCUT2D eigenvalue weighted by Crippen LogP contribution is -2.38. The van der Waals surface area contributed by atoms with Crippen LogP contribution in [0.5, 0.6) is 0 Å². The molecular formula is C14H19N3O. The predicted molar refractivity (Wildman–Crippen MR) is 73.6 cm³/mol. The maximum absolute atomic E-state index is 12.1. The Labute approximate surface area is 107 Å². The number of hydrogen-bond donors (Lipinski definition) is 2. The molecule has 4 heteroatoms. The largest absolute Gasteiger partial charge is 0.347 e. The normalized spacial score (nSPS) is 12.7. The number of aromatic nitrogens is 1. The summed E-state index contributed by atoms with van der Waals surface area (Å²) in [6, 6.07) is 7.99. The highest BCUT2D eigenvalue weighted by atomic mass is 16.2. The second-order valence-electron chi connectivity index (χ2n) is 4.71. The van der Waals surface area contributed by atoms with E-state index in [1.165, 1.54) is 5.56 Å². The molecule has 0 saturated carbocycles. The molecule has 0 fully saturated rings. The molecule has 2 rings (SSSR count). The third-order valence-electron chi connectivity index (χ3n) is 3.27. The first-order chi connectivity index (χ1) is 8.54. The van der Waals surface area contributed by atoms with Crippen molar-refractivity contribution in [3.63, 3.8) is 0 Å². The van der Waals surface area contributed by atoms with Gasteiger partial charge >= 0.3 is 0 Å². The van der Waals surface area contributed by atoms with Crippen molar-refractivity contribution >= 4 is 16.8 Å². The van der Waals surface area contributed by atoms with Crippen LogP contribution in [0.4, 0.5) is 0 Å². The number of nitrogens with zero attached hydrogens (tertiary/aromatic N) is 1. The maximum Gasteiger partial charge on any atom is 0.268 e. The van der Waals surface area contributed by atoms with Crippen LogP contribution in [0.1, 0.15) is 23.0 Å². The van der Waals surface area contributed by atoms with Crippen molar-refractivity contribution in [2.24, 2.45) is 12.8 Å². The number of hydrogen-bond acceptors (Lipinski definition) is 2. The van der Waals surface area contributed by atoms with E-state index in [-0.39, 0.29) is 11.9 Å². The Bertz CT molecular complexity index is 586. The van der Waals surface area contributed by atoms with Gasteiger partial charge in [0.15, 0.2) is 0 Å². The minimum absolute atomic E-state index is 0.0170. The zero-order chi connectivity index (χ0) is 13.3. The minimum atomic E-state index is -0.0777. The first kappa shape index (κ1) is 12.6. The summed E-state index contributed by atoms with van der Waals surface area (Å²) in [5.74, 6) is -0.0777. The van der Waals surface area contributed by atoms with Gasteiger partial charge < -0.3 is 15.6 Å². The van der Waals surface area contributed by atoms with Crippen molar-refractivity contribution < 1.29 is 4.79 Å². The summed E-state index contributed by atoms with van der Waals surface area (Å²) < 4.78 is 1.92. The highest BCUT2D eigenvalue weighted by Gasteiger charge is 2.15. The molecule has 18 heavy (non-hydrogen) atoms. The number of nitrogens with two attached hydrogens (primary N) is 1. The molecule has 0 aliphatic carbocycles. The molecule has 4 nitrogen and oxygen atoms in total. The number of carbonyl (C=O) groups is 1. The van der Waals surface area contributed by atoms with E-state index in [9.17, 15) is 4.79 Å². The lowest BCUT2D eigenvalue weighted by molar-refractivity contribution is 0.0933. The van der Waals surface area contributed by atoms with E-state index in [0.29, 0.717) is 12.2 Å². The average Bonchev–Trinajstić information content (AvgIpc) is 2.69. The second kappa shape index (κ2) is 4.82. The standard InChI is InChI=1S/C14H19N3O/c1-9-5-4-6-12-11(9)7-13(17(12)3)14(18)16-10(2)8-15/h4-7,10H,8,15H2,1-3H3,(H,16,18). The molecule has 0 saturated heterocycles. The van der Waals surface area contributed by atoms with Crippen molar-refractivity contribution in [3.05, 3.63) is 35.5 Å². The molecular weight excluding hydrogens is 226 g/mol. The van der Waals surface area contributed by atoms with Gasteiger partial charge in [-0.05, 0) is 31.5 Å². The summed E-state index contributed by atoms with van der Waals surface area (Å²) in [4.78, 5) is 12.1. The van der Waals surface area contributed by atoms with Gasteiger partial charge in [0.2, 0.25) is 0 Å². The monoisotopic (exact) mass is 245 g/mol. The van der Waals surface area contributed by atoms with Gasteiger partial charge in [0, 0.05) is 30.5 Å². The quantitative estimate of drug-likeness (QED) is 0.862. The van der Waals surface area contributed by atoms with Crippen molar-refractivity contribution in [3.8, 4) is 0 Å². The number of benzene rings is 1. The van der Waals surface area contributed by atoms with E-state index in [4.69, 9.17) is 5.73 Å². The van der Waals surface area contributed by atoms with Crippen LogP contribution in [0.15, 0.2) is 24.3 Å². The molecule has 2 aromatic rings. The molecule has 0 aliphatic rings. The zero-order valence-corrected chi connectivity index (χ0v) is 11.0. The molecule has 0 spiro atoms. The Balaban J connectivity index is 2.43. The number of rotatable bonds is 3. The van der Waals surface area contributed by atoms with Gasteiger partial charge in [0.1, 0.15) is 5.69 Å². The third kappa shape index (κ3) is 2.11. The van der Waals surface area contributed by atoms with E-state index < -0.39 is 0 Å². The summed E-state index contributed by atoms with van der Waals surface area (Å²) in [5.41, 5.74) is 8.43. The smallest absolute Gasteiger partial charge is 0.268 e. The number of nitrogens with one attached hydrogen (secondary N) is 1. The fourth-order valence-electron chi connectivity index (χ4n) is 2.08. The highest BCUT2D eigenvalue weighted by Crippen LogP contribution is 2.22. The summed E-state index contributed by atoms with van der Waals surface area (Å²) in [7, 11) is 1.91. The Morgan fingerprint density at radius 3 is 2.83 bits per heavy atom. The summed E-state index contributed by atoms with van der Waals surface area (Å²) in [6.07, 6.45) is 0.